The molecule has 1 aromatic carbocycles. The van der Waals surface area contributed by atoms with Crippen LogP contribution in [0.4, 0.5) is 5.95 Å². The van der Waals surface area contributed by atoms with Gasteiger partial charge in [0.25, 0.3) is 0 Å². The summed E-state index contributed by atoms with van der Waals surface area (Å²) in [5.74, 6) is 0.436. The van der Waals surface area contributed by atoms with E-state index in [1.54, 1.807) is 18.5 Å². The Morgan fingerprint density at radius 2 is 1.75 bits per heavy atom. The second kappa shape index (κ2) is 5.23. The van der Waals surface area contributed by atoms with Crippen molar-refractivity contribution >= 4 is 5.95 Å². The first-order valence-corrected chi connectivity index (χ1v) is 5.10. The van der Waals surface area contributed by atoms with E-state index in [1.807, 2.05) is 30.3 Å². The molecule has 1 unspecified atom stereocenters. The van der Waals surface area contributed by atoms with Gasteiger partial charge in [-0.3, -0.25) is 0 Å². The largest absolute Gasteiger partial charge is 0.373 e. The summed E-state index contributed by atoms with van der Waals surface area (Å²) < 4.78 is 0. The highest BCUT2D eigenvalue weighted by Crippen LogP contribution is 2.04. The fourth-order valence-electron chi connectivity index (χ4n) is 1.41. The topological polar surface area (TPSA) is 58.0 Å². The van der Waals surface area contributed by atoms with Crippen molar-refractivity contribution in [2.75, 3.05) is 5.32 Å². The lowest BCUT2D eigenvalue weighted by atomic mass is 10.1. The molecule has 1 aromatic heterocycles. The van der Waals surface area contributed by atoms with E-state index in [0.29, 0.717) is 12.4 Å². The summed E-state index contributed by atoms with van der Waals surface area (Å²) in [7, 11) is 0. The zero-order chi connectivity index (χ0) is 11.2. The maximum absolute atomic E-state index is 9.76. The van der Waals surface area contributed by atoms with Gasteiger partial charge in [-0.25, -0.2) is 9.97 Å². The number of benzene rings is 1. The number of nitrogens with zero attached hydrogens (tertiary/aromatic N) is 2. The van der Waals surface area contributed by atoms with Crippen molar-refractivity contribution in [3.63, 3.8) is 0 Å². The summed E-state index contributed by atoms with van der Waals surface area (Å²) in [5.41, 5.74) is 1.07. The van der Waals surface area contributed by atoms with Crippen LogP contribution in [0.1, 0.15) is 5.56 Å². The van der Waals surface area contributed by atoms with Crippen LogP contribution in [0, 0.1) is 0 Å². The van der Waals surface area contributed by atoms with E-state index in [-0.39, 0.29) is 0 Å². The molecule has 0 aliphatic rings. The van der Waals surface area contributed by atoms with Crippen LogP contribution in [-0.4, -0.2) is 21.3 Å². The molecule has 0 saturated heterocycles. The number of nitrogens with one attached hydrogen (secondary N) is 1. The first-order chi connectivity index (χ1) is 7.84. The molecular formula is C12H13N3O. The van der Waals surface area contributed by atoms with E-state index in [2.05, 4.69) is 15.3 Å². The molecule has 4 heteroatoms. The lowest BCUT2D eigenvalue weighted by Crippen LogP contribution is -2.22. The predicted octanol–water partition coefficient (Wildman–Crippen LogP) is 1.45. The molecule has 82 valence electrons. The number of aliphatic hydroxyl groups excluding tert-OH is 1. The van der Waals surface area contributed by atoms with Crippen LogP contribution in [0.25, 0.3) is 0 Å². The van der Waals surface area contributed by atoms with Crippen LogP contribution in [0.5, 0.6) is 0 Å². The summed E-state index contributed by atoms with van der Waals surface area (Å²) in [6.07, 6.45) is 3.11. The number of aromatic nitrogens is 2. The molecule has 0 saturated carbocycles. The van der Waals surface area contributed by atoms with E-state index in [9.17, 15) is 5.11 Å². The molecule has 0 aliphatic heterocycles. The van der Waals surface area contributed by atoms with Crippen molar-refractivity contribution in [3.8, 4) is 0 Å². The van der Waals surface area contributed by atoms with Crippen molar-refractivity contribution in [2.45, 2.75) is 12.6 Å². The minimum Gasteiger partial charge on any atom is -0.373 e. The third kappa shape index (κ3) is 3.03. The Balaban J connectivity index is 1.92. The summed E-state index contributed by atoms with van der Waals surface area (Å²) in [6, 6.07) is 11.5. The van der Waals surface area contributed by atoms with Gasteiger partial charge < -0.3 is 10.4 Å². The molecule has 16 heavy (non-hydrogen) atoms. The smallest absolute Gasteiger partial charge is 0.224 e. The standard InChI is InChI=1S/C12H13N3O/c16-11(9-10-5-2-1-3-6-10)15-12-13-7-4-8-14-12/h1-8,11,16H,9H2,(H,13,14,15). The maximum Gasteiger partial charge on any atom is 0.224 e. The fourth-order valence-corrected chi connectivity index (χ4v) is 1.41. The number of hydrogen-bond acceptors (Lipinski definition) is 4. The van der Waals surface area contributed by atoms with Crippen LogP contribution >= 0.6 is 0 Å². The van der Waals surface area contributed by atoms with Gasteiger partial charge in [0.05, 0.1) is 0 Å². The van der Waals surface area contributed by atoms with Crippen LogP contribution in [0.2, 0.25) is 0 Å². The minimum absolute atomic E-state index is 0.436. The second-order valence-electron chi connectivity index (χ2n) is 3.42. The number of aliphatic hydroxyl groups is 1. The second-order valence-corrected chi connectivity index (χ2v) is 3.42. The Kier molecular flexibility index (Phi) is 3.46. The van der Waals surface area contributed by atoms with Crippen LogP contribution < -0.4 is 5.32 Å². The third-order valence-electron chi connectivity index (χ3n) is 2.13. The molecule has 4 nitrogen and oxygen atoms in total. The van der Waals surface area contributed by atoms with E-state index >= 15 is 0 Å². The normalized spacial score (nSPS) is 12.1. The summed E-state index contributed by atoms with van der Waals surface area (Å²) in [5, 5.41) is 12.6. The van der Waals surface area contributed by atoms with Gasteiger partial charge in [0, 0.05) is 18.8 Å². The van der Waals surface area contributed by atoms with Crippen molar-refractivity contribution in [3.05, 3.63) is 54.4 Å². The summed E-state index contributed by atoms with van der Waals surface area (Å²) >= 11 is 0. The first kappa shape index (κ1) is 10.6. The molecule has 2 aromatic rings. The van der Waals surface area contributed by atoms with Gasteiger partial charge in [-0.2, -0.15) is 0 Å². The predicted molar refractivity (Wildman–Crippen MR) is 61.8 cm³/mol. The fraction of sp³-hybridized carbons (Fsp3) is 0.167. The van der Waals surface area contributed by atoms with E-state index in [0.717, 1.165) is 5.56 Å². The van der Waals surface area contributed by atoms with Gasteiger partial charge in [-0.15, -0.1) is 0 Å². The Hall–Kier alpha value is -1.94. The van der Waals surface area contributed by atoms with E-state index < -0.39 is 6.23 Å². The molecule has 1 atom stereocenters. The molecule has 0 spiro atoms. The minimum atomic E-state index is -0.676. The Bertz CT molecular complexity index is 377. The lowest BCUT2D eigenvalue weighted by molar-refractivity contribution is 0.203. The van der Waals surface area contributed by atoms with Gasteiger partial charge in [-0.05, 0) is 11.6 Å². The summed E-state index contributed by atoms with van der Waals surface area (Å²) in [4.78, 5) is 7.96. The lowest BCUT2D eigenvalue weighted by Gasteiger charge is -2.12. The number of rotatable bonds is 4. The zero-order valence-corrected chi connectivity index (χ0v) is 8.74. The maximum atomic E-state index is 9.76. The molecule has 2 rings (SSSR count). The number of hydrogen-bond donors (Lipinski definition) is 2. The number of anilines is 1. The Labute approximate surface area is 94.0 Å². The van der Waals surface area contributed by atoms with Gasteiger partial charge in [0.15, 0.2) is 0 Å². The Morgan fingerprint density at radius 3 is 2.44 bits per heavy atom. The van der Waals surface area contributed by atoms with E-state index in [4.69, 9.17) is 0 Å². The van der Waals surface area contributed by atoms with Gasteiger partial charge in [-0.1, -0.05) is 30.3 Å². The average Bonchev–Trinajstić information content (AvgIpc) is 2.31. The molecule has 0 radical (unpaired) electrons. The molecule has 2 N–H and O–H groups in total. The highest BCUT2D eigenvalue weighted by atomic mass is 16.3. The molecule has 0 bridgehead atoms. The highest BCUT2D eigenvalue weighted by molar-refractivity contribution is 5.24. The van der Waals surface area contributed by atoms with Crippen molar-refractivity contribution < 1.29 is 5.11 Å². The zero-order valence-electron chi connectivity index (χ0n) is 8.74. The summed E-state index contributed by atoms with van der Waals surface area (Å²) in [6.45, 7) is 0. The van der Waals surface area contributed by atoms with Crippen LogP contribution in [0.15, 0.2) is 48.8 Å². The van der Waals surface area contributed by atoms with Crippen LogP contribution in [0.3, 0.4) is 0 Å². The van der Waals surface area contributed by atoms with Gasteiger partial charge >= 0.3 is 0 Å². The van der Waals surface area contributed by atoms with Crippen molar-refractivity contribution in [2.24, 2.45) is 0 Å². The van der Waals surface area contributed by atoms with Crippen LogP contribution in [-0.2, 0) is 6.42 Å². The van der Waals surface area contributed by atoms with E-state index in [1.165, 1.54) is 0 Å². The third-order valence-corrected chi connectivity index (χ3v) is 2.13. The first-order valence-electron chi connectivity index (χ1n) is 5.10. The Morgan fingerprint density at radius 1 is 1.06 bits per heavy atom. The van der Waals surface area contributed by atoms with Crippen molar-refractivity contribution in [1.82, 2.24) is 9.97 Å². The molecule has 0 amide bonds. The monoisotopic (exact) mass is 215 g/mol. The van der Waals surface area contributed by atoms with Gasteiger partial charge in [0.2, 0.25) is 5.95 Å². The average molecular weight is 215 g/mol. The van der Waals surface area contributed by atoms with Gasteiger partial charge in [0.1, 0.15) is 6.23 Å². The SMILES string of the molecule is OC(Cc1ccccc1)Nc1ncccn1. The molecule has 0 fully saturated rings. The van der Waals surface area contributed by atoms with Crippen molar-refractivity contribution in [1.29, 1.82) is 0 Å². The molecule has 1 heterocycles. The molecular weight excluding hydrogens is 202 g/mol. The highest BCUT2D eigenvalue weighted by Gasteiger charge is 2.05. The quantitative estimate of drug-likeness (QED) is 0.758. The molecule has 0 aliphatic carbocycles.